The zero-order valence-corrected chi connectivity index (χ0v) is 15.0. The number of rotatable bonds is 4. The Morgan fingerprint density at radius 1 is 1.07 bits per heavy atom. The second-order valence-corrected chi connectivity index (χ2v) is 6.68. The van der Waals surface area contributed by atoms with Crippen molar-refractivity contribution in [2.45, 2.75) is 12.3 Å². The molecule has 1 aromatic heterocycles. The molecule has 1 aliphatic heterocycles. The monoisotopic (exact) mass is 375 g/mol. The number of hydrogen-bond acceptors (Lipinski definition) is 3. The summed E-state index contributed by atoms with van der Waals surface area (Å²) < 4.78 is 13.0. The van der Waals surface area contributed by atoms with Gasteiger partial charge in [-0.05, 0) is 35.9 Å². The van der Waals surface area contributed by atoms with Gasteiger partial charge in [-0.15, -0.1) is 0 Å². The minimum Gasteiger partial charge on any atom is -0.312 e. The van der Waals surface area contributed by atoms with E-state index in [4.69, 9.17) is 0 Å². The summed E-state index contributed by atoms with van der Waals surface area (Å²) in [6.45, 7) is 0.582. The molecule has 140 valence electrons. The highest BCUT2D eigenvalue weighted by molar-refractivity contribution is 6.04. The van der Waals surface area contributed by atoms with Gasteiger partial charge in [-0.25, -0.2) is 9.37 Å². The molecule has 2 aromatic carbocycles. The highest BCUT2D eigenvalue weighted by atomic mass is 19.1. The average Bonchev–Trinajstić information content (AvgIpc) is 3.11. The van der Waals surface area contributed by atoms with Crippen LogP contribution in [-0.2, 0) is 4.79 Å². The van der Waals surface area contributed by atoms with Gasteiger partial charge in [0.2, 0.25) is 5.91 Å². The van der Waals surface area contributed by atoms with Gasteiger partial charge in [-0.1, -0.05) is 30.3 Å². The second-order valence-electron chi connectivity index (χ2n) is 6.68. The summed E-state index contributed by atoms with van der Waals surface area (Å²) in [7, 11) is 0. The number of carbonyl (C=O) groups excluding carboxylic acids is 2. The van der Waals surface area contributed by atoms with Crippen LogP contribution in [0.4, 0.5) is 15.9 Å². The quantitative estimate of drug-likeness (QED) is 0.750. The van der Waals surface area contributed by atoms with Crippen LogP contribution in [0.2, 0.25) is 0 Å². The normalized spacial score (nSPS) is 16.2. The molecule has 6 heteroatoms. The fraction of sp³-hybridized carbons (Fsp3) is 0.136. The zero-order valence-electron chi connectivity index (χ0n) is 15.0. The highest BCUT2D eigenvalue weighted by Gasteiger charge is 2.31. The number of anilines is 2. The van der Waals surface area contributed by atoms with Gasteiger partial charge in [-0.2, -0.15) is 0 Å². The SMILES string of the molecule is O=C(Nc1cc(N2C[C@@H](c3ccccc3)CC2=O)ccn1)c1ccc(F)cc1. The van der Waals surface area contributed by atoms with Crippen molar-refractivity contribution < 1.29 is 14.0 Å². The lowest BCUT2D eigenvalue weighted by Gasteiger charge is -2.17. The summed E-state index contributed by atoms with van der Waals surface area (Å²) in [6.07, 6.45) is 2.00. The molecule has 4 rings (SSSR count). The van der Waals surface area contributed by atoms with Gasteiger partial charge >= 0.3 is 0 Å². The summed E-state index contributed by atoms with van der Waals surface area (Å²) >= 11 is 0. The average molecular weight is 375 g/mol. The first-order valence-electron chi connectivity index (χ1n) is 8.98. The van der Waals surface area contributed by atoms with E-state index in [2.05, 4.69) is 10.3 Å². The van der Waals surface area contributed by atoms with E-state index in [1.807, 2.05) is 30.3 Å². The zero-order chi connectivity index (χ0) is 19.5. The first-order chi connectivity index (χ1) is 13.6. The van der Waals surface area contributed by atoms with E-state index in [0.717, 1.165) is 5.56 Å². The van der Waals surface area contributed by atoms with Crippen LogP contribution in [0, 0.1) is 5.82 Å². The van der Waals surface area contributed by atoms with Crippen LogP contribution < -0.4 is 10.2 Å². The molecule has 0 unspecified atom stereocenters. The van der Waals surface area contributed by atoms with Crippen LogP contribution in [0.3, 0.4) is 0 Å². The lowest BCUT2D eigenvalue weighted by atomic mass is 9.99. The van der Waals surface area contributed by atoms with E-state index in [-0.39, 0.29) is 17.7 Å². The fourth-order valence-electron chi connectivity index (χ4n) is 3.35. The lowest BCUT2D eigenvalue weighted by molar-refractivity contribution is -0.117. The third kappa shape index (κ3) is 3.76. The molecular weight excluding hydrogens is 357 g/mol. The molecule has 1 saturated heterocycles. The van der Waals surface area contributed by atoms with E-state index < -0.39 is 5.82 Å². The molecule has 0 spiro atoms. The second kappa shape index (κ2) is 7.60. The molecule has 1 fully saturated rings. The van der Waals surface area contributed by atoms with Crippen LogP contribution in [0.1, 0.15) is 28.3 Å². The number of nitrogens with one attached hydrogen (secondary N) is 1. The molecule has 1 atom stereocenters. The predicted octanol–water partition coefficient (Wildman–Crippen LogP) is 3.99. The Morgan fingerprint density at radius 3 is 2.57 bits per heavy atom. The van der Waals surface area contributed by atoms with Crippen LogP contribution >= 0.6 is 0 Å². The smallest absolute Gasteiger partial charge is 0.256 e. The third-order valence-corrected chi connectivity index (χ3v) is 4.80. The van der Waals surface area contributed by atoms with E-state index in [1.54, 1.807) is 23.2 Å². The van der Waals surface area contributed by atoms with Crippen molar-refractivity contribution >= 4 is 23.3 Å². The Balaban J connectivity index is 1.50. The van der Waals surface area contributed by atoms with E-state index in [0.29, 0.717) is 30.0 Å². The minimum atomic E-state index is -0.405. The van der Waals surface area contributed by atoms with Crippen LogP contribution in [0.25, 0.3) is 0 Å². The van der Waals surface area contributed by atoms with Gasteiger partial charge < -0.3 is 10.2 Å². The lowest BCUT2D eigenvalue weighted by Crippen LogP contribution is -2.24. The Hall–Kier alpha value is -3.54. The predicted molar refractivity (Wildman–Crippen MR) is 105 cm³/mol. The van der Waals surface area contributed by atoms with Gasteiger partial charge in [0, 0.05) is 42.4 Å². The summed E-state index contributed by atoms with van der Waals surface area (Å²) in [5.74, 6) is -0.283. The van der Waals surface area contributed by atoms with Crippen molar-refractivity contribution in [2.24, 2.45) is 0 Å². The van der Waals surface area contributed by atoms with E-state index >= 15 is 0 Å². The molecular formula is C22H18FN3O2. The van der Waals surface area contributed by atoms with Gasteiger partial charge in [-0.3, -0.25) is 9.59 Å². The minimum absolute atomic E-state index is 0.0378. The van der Waals surface area contributed by atoms with Crippen LogP contribution in [-0.4, -0.2) is 23.3 Å². The van der Waals surface area contributed by atoms with Crippen molar-refractivity contribution in [2.75, 3.05) is 16.8 Å². The van der Waals surface area contributed by atoms with Crippen LogP contribution in [0.5, 0.6) is 0 Å². The number of nitrogens with zero attached hydrogens (tertiary/aromatic N) is 2. The van der Waals surface area contributed by atoms with Crippen molar-refractivity contribution in [3.63, 3.8) is 0 Å². The standard InChI is InChI=1S/C22H18FN3O2/c23-18-8-6-16(7-9-18)22(28)25-20-13-19(10-11-24-20)26-14-17(12-21(26)27)15-4-2-1-3-5-15/h1-11,13,17H,12,14H2,(H,24,25,28)/t17-/m0/s1. The number of amides is 2. The van der Waals surface area contributed by atoms with Crippen molar-refractivity contribution in [1.29, 1.82) is 0 Å². The first-order valence-corrected chi connectivity index (χ1v) is 8.98. The molecule has 0 radical (unpaired) electrons. The van der Waals surface area contributed by atoms with Crippen molar-refractivity contribution in [3.05, 3.63) is 89.9 Å². The molecule has 0 bridgehead atoms. The van der Waals surface area contributed by atoms with Gasteiger partial charge in [0.1, 0.15) is 11.6 Å². The molecule has 5 nitrogen and oxygen atoms in total. The van der Waals surface area contributed by atoms with Gasteiger partial charge in [0.15, 0.2) is 0 Å². The van der Waals surface area contributed by atoms with Crippen molar-refractivity contribution in [3.8, 4) is 0 Å². The summed E-state index contributed by atoms with van der Waals surface area (Å²) in [5.41, 5.74) is 2.15. The highest BCUT2D eigenvalue weighted by Crippen LogP contribution is 2.32. The molecule has 1 aliphatic rings. The maximum atomic E-state index is 13.0. The molecule has 0 saturated carbocycles. The third-order valence-electron chi connectivity index (χ3n) is 4.80. The molecule has 3 aromatic rings. The number of benzene rings is 2. The Bertz CT molecular complexity index is 1010. The first kappa shape index (κ1) is 17.9. The topological polar surface area (TPSA) is 62.3 Å². The summed E-state index contributed by atoms with van der Waals surface area (Å²) in [4.78, 5) is 30.7. The maximum absolute atomic E-state index is 13.0. The van der Waals surface area contributed by atoms with E-state index in [1.165, 1.54) is 24.3 Å². The summed E-state index contributed by atoms with van der Waals surface area (Å²) in [5, 5.41) is 2.69. The van der Waals surface area contributed by atoms with Crippen LogP contribution in [0.15, 0.2) is 72.9 Å². The largest absolute Gasteiger partial charge is 0.312 e. The fourth-order valence-corrected chi connectivity index (χ4v) is 3.35. The summed E-state index contributed by atoms with van der Waals surface area (Å²) in [6, 6.07) is 18.6. The molecule has 1 N–H and O–H groups in total. The number of carbonyl (C=O) groups is 2. The Morgan fingerprint density at radius 2 is 1.82 bits per heavy atom. The number of halogens is 1. The molecule has 2 amide bonds. The van der Waals surface area contributed by atoms with Crippen molar-refractivity contribution in [1.82, 2.24) is 4.98 Å². The molecule has 28 heavy (non-hydrogen) atoms. The number of pyridine rings is 1. The molecule has 2 heterocycles. The van der Waals surface area contributed by atoms with E-state index in [9.17, 15) is 14.0 Å². The maximum Gasteiger partial charge on any atom is 0.256 e. The van der Waals surface area contributed by atoms with Gasteiger partial charge in [0.25, 0.3) is 5.91 Å². The number of aromatic nitrogens is 1. The van der Waals surface area contributed by atoms with Gasteiger partial charge in [0.05, 0.1) is 0 Å². The Labute approximate surface area is 161 Å². The number of hydrogen-bond donors (Lipinski definition) is 1. The molecule has 0 aliphatic carbocycles. The Kier molecular flexibility index (Phi) is 4.85.